The number of esters is 1. The molecule has 0 amide bonds. The Bertz CT molecular complexity index is 1270. The summed E-state index contributed by atoms with van der Waals surface area (Å²) in [6, 6.07) is 0. The molecule has 0 aliphatic heterocycles. The van der Waals surface area contributed by atoms with Crippen molar-refractivity contribution >= 4 is 13.8 Å². The van der Waals surface area contributed by atoms with Gasteiger partial charge in [0.25, 0.3) is 0 Å². The molecular weight excluding hydrogens is 830 g/mol. The van der Waals surface area contributed by atoms with E-state index in [2.05, 4.69) is 86.8 Å². The van der Waals surface area contributed by atoms with Crippen molar-refractivity contribution in [1.29, 1.82) is 0 Å². The summed E-state index contributed by atoms with van der Waals surface area (Å²) in [5.74, 6) is -0.322. The molecular formula is C56H103NO7P+. The van der Waals surface area contributed by atoms with Crippen LogP contribution in [0.2, 0.25) is 0 Å². The standard InChI is InChI=1S/C56H102NO7P/c1-6-8-10-12-14-16-18-20-22-24-25-26-27-28-29-30-31-32-34-36-38-40-42-44-46-48-51-61-53-55(54-63-65(59,60)62-52-50-57(3,4)5)64-56(58)49-47-45-43-41-39-37-35-33-23-21-19-17-15-13-11-9-7-2/h8,10,14-17,20-23,25-26,55H,6-7,9,11-13,18-19,24,27-54H2,1-5H3/p+1/b10-8-,16-14-,17-15-,22-20-,23-21-,26-25-. The smallest absolute Gasteiger partial charge is 0.457 e. The summed E-state index contributed by atoms with van der Waals surface area (Å²) >= 11 is 0. The Morgan fingerprint density at radius 2 is 0.892 bits per heavy atom. The monoisotopic (exact) mass is 933 g/mol. The van der Waals surface area contributed by atoms with Crippen LogP contribution < -0.4 is 0 Å². The molecule has 0 fully saturated rings. The summed E-state index contributed by atoms with van der Waals surface area (Å²) in [6.07, 6.45) is 63.8. The van der Waals surface area contributed by atoms with Crippen LogP contribution in [0.25, 0.3) is 0 Å². The molecule has 378 valence electrons. The molecule has 0 heterocycles. The van der Waals surface area contributed by atoms with Gasteiger partial charge in [-0.25, -0.2) is 4.57 Å². The minimum Gasteiger partial charge on any atom is -0.457 e. The second kappa shape index (κ2) is 48.4. The van der Waals surface area contributed by atoms with Gasteiger partial charge in [-0.2, -0.15) is 0 Å². The molecule has 1 N–H and O–H groups in total. The van der Waals surface area contributed by atoms with Crippen molar-refractivity contribution in [1.82, 2.24) is 0 Å². The summed E-state index contributed by atoms with van der Waals surface area (Å²) in [5.41, 5.74) is 0. The minimum atomic E-state index is -4.29. The number of phosphoric acid groups is 1. The molecule has 0 aromatic heterocycles. The summed E-state index contributed by atoms with van der Waals surface area (Å²) in [5, 5.41) is 0. The Balaban J connectivity index is 4.10. The lowest BCUT2D eigenvalue weighted by atomic mass is 10.0. The van der Waals surface area contributed by atoms with Crippen LogP contribution in [0, 0.1) is 0 Å². The third-order valence-electron chi connectivity index (χ3n) is 11.3. The van der Waals surface area contributed by atoms with Gasteiger partial charge in [0.1, 0.15) is 19.3 Å². The zero-order valence-electron chi connectivity index (χ0n) is 43.0. The quantitative estimate of drug-likeness (QED) is 0.0214. The average molecular weight is 933 g/mol. The van der Waals surface area contributed by atoms with E-state index in [-0.39, 0.29) is 25.8 Å². The van der Waals surface area contributed by atoms with Gasteiger partial charge >= 0.3 is 13.8 Å². The van der Waals surface area contributed by atoms with Crippen molar-refractivity contribution in [2.45, 2.75) is 225 Å². The van der Waals surface area contributed by atoms with Crippen molar-refractivity contribution in [2.75, 3.05) is 54.1 Å². The van der Waals surface area contributed by atoms with Crippen molar-refractivity contribution in [3.8, 4) is 0 Å². The third-order valence-corrected chi connectivity index (χ3v) is 12.2. The molecule has 0 aliphatic carbocycles. The van der Waals surface area contributed by atoms with Crippen LogP contribution in [0.4, 0.5) is 0 Å². The molecule has 0 saturated carbocycles. The first kappa shape index (κ1) is 62.9. The molecule has 0 aliphatic rings. The van der Waals surface area contributed by atoms with Crippen LogP contribution in [-0.4, -0.2) is 75.6 Å². The first-order chi connectivity index (χ1) is 31.6. The van der Waals surface area contributed by atoms with E-state index < -0.39 is 13.9 Å². The highest BCUT2D eigenvalue weighted by Gasteiger charge is 2.26. The number of rotatable bonds is 49. The molecule has 0 aromatic rings. The Morgan fingerprint density at radius 3 is 1.34 bits per heavy atom. The number of hydrogen-bond donors (Lipinski definition) is 1. The zero-order chi connectivity index (χ0) is 47.6. The second-order valence-corrected chi connectivity index (χ2v) is 20.3. The first-order valence-corrected chi connectivity index (χ1v) is 28.2. The van der Waals surface area contributed by atoms with Crippen LogP contribution in [0.3, 0.4) is 0 Å². The van der Waals surface area contributed by atoms with Gasteiger partial charge in [-0.3, -0.25) is 13.8 Å². The fraction of sp³-hybridized carbons (Fsp3) is 0.768. The van der Waals surface area contributed by atoms with Gasteiger partial charge in [-0.1, -0.05) is 202 Å². The topological polar surface area (TPSA) is 91.3 Å². The number of phosphoric ester groups is 1. The Labute approximate surface area is 402 Å². The van der Waals surface area contributed by atoms with Crippen LogP contribution in [0.15, 0.2) is 72.9 Å². The fourth-order valence-electron chi connectivity index (χ4n) is 7.16. The van der Waals surface area contributed by atoms with E-state index in [1.54, 1.807) is 0 Å². The molecule has 0 rings (SSSR count). The summed E-state index contributed by atoms with van der Waals surface area (Å²) in [6.45, 7) is 5.48. The number of carbonyl (C=O) groups is 1. The highest BCUT2D eigenvalue weighted by Crippen LogP contribution is 2.43. The van der Waals surface area contributed by atoms with Gasteiger partial charge in [0.05, 0.1) is 34.4 Å². The molecule has 8 nitrogen and oxygen atoms in total. The summed E-state index contributed by atoms with van der Waals surface area (Å²) in [4.78, 5) is 23.0. The van der Waals surface area contributed by atoms with E-state index in [0.717, 1.165) is 70.6 Å². The maximum Gasteiger partial charge on any atom is 0.472 e. The van der Waals surface area contributed by atoms with E-state index in [1.165, 1.54) is 128 Å². The summed E-state index contributed by atoms with van der Waals surface area (Å²) < 4.78 is 35.2. The molecule has 0 saturated heterocycles. The second-order valence-electron chi connectivity index (χ2n) is 18.9. The molecule has 2 unspecified atom stereocenters. The van der Waals surface area contributed by atoms with Gasteiger partial charge in [0, 0.05) is 13.0 Å². The van der Waals surface area contributed by atoms with Crippen molar-refractivity contribution in [3.63, 3.8) is 0 Å². The Morgan fingerprint density at radius 1 is 0.492 bits per heavy atom. The van der Waals surface area contributed by atoms with Gasteiger partial charge in [-0.15, -0.1) is 0 Å². The fourth-order valence-corrected chi connectivity index (χ4v) is 7.90. The highest BCUT2D eigenvalue weighted by atomic mass is 31.2. The number of likely N-dealkylation sites (N-methyl/N-ethyl adjacent to an activating group) is 1. The van der Waals surface area contributed by atoms with Crippen LogP contribution in [0.1, 0.15) is 219 Å². The first-order valence-electron chi connectivity index (χ1n) is 26.7. The maximum atomic E-state index is 12.8. The largest absolute Gasteiger partial charge is 0.472 e. The normalized spacial score (nSPS) is 14.1. The highest BCUT2D eigenvalue weighted by molar-refractivity contribution is 7.47. The Hall–Kier alpha value is -2.06. The average Bonchev–Trinajstić information content (AvgIpc) is 3.27. The molecule has 2 atom stereocenters. The number of nitrogens with zero attached hydrogens (tertiary/aromatic N) is 1. The van der Waals surface area contributed by atoms with E-state index >= 15 is 0 Å². The number of quaternary nitrogens is 1. The van der Waals surface area contributed by atoms with Crippen molar-refractivity contribution < 1.29 is 37.3 Å². The third kappa shape index (κ3) is 52.8. The predicted octanol–water partition coefficient (Wildman–Crippen LogP) is 16.6. The molecule has 0 aromatic carbocycles. The van der Waals surface area contributed by atoms with Gasteiger partial charge in [0.15, 0.2) is 0 Å². The van der Waals surface area contributed by atoms with E-state index in [1.807, 2.05) is 21.1 Å². The van der Waals surface area contributed by atoms with Crippen molar-refractivity contribution in [2.24, 2.45) is 0 Å². The van der Waals surface area contributed by atoms with Crippen LogP contribution in [0.5, 0.6) is 0 Å². The SMILES string of the molecule is CC/C=C\C/C=C\C/C=C\C/C=C\CCCCCCCCCCCCCCCOCC(COP(=O)(O)OCC[N+](C)(C)C)OC(=O)CCCCCCCCC/C=C\C/C=C\CCCCC. The Kier molecular flexibility index (Phi) is 46.9. The van der Waals surface area contributed by atoms with Gasteiger partial charge in [-0.05, 0) is 83.5 Å². The lowest BCUT2D eigenvalue weighted by molar-refractivity contribution is -0.870. The summed E-state index contributed by atoms with van der Waals surface area (Å²) in [7, 11) is 1.66. The molecule has 65 heavy (non-hydrogen) atoms. The van der Waals surface area contributed by atoms with Crippen LogP contribution >= 0.6 is 7.82 Å². The molecule has 0 bridgehead atoms. The van der Waals surface area contributed by atoms with E-state index in [4.69, 9.17) is 18.5 Å². The number of hydrogen-bond acceptors (Lipinski definition) is 6. The van der Waals surface area contributed by atoms with Crippen LogP contribution in [-0.2, 0) is 27.9 Å². The lowest BCUT2D eigenvalue weighted by Crippen LogP contribution is -2.37. The number of allylic oxidation sites excluding steroid dienone is 12. The minimum absolute atomic E-state index is 0.0843. The van der Waals surface area contributed by atoms with Gasteiger partial charge in [0.2, 0.25) is 0 Å². The number of ether oxygens (including phenoxy) is 2. The lowest BCUT2D eigenvalue weighted by Gasteiger charge is -2.24. The number of unbranched alkanes of at least 4 members (excludes halogenated alkanes) is 23. The van der Waals surface area contributed by atoms with Gasteiger partial charge < -0.3 is 18.9 Å². The molecule has 0 spiro atoms. The zero-order valence-corrected chi connectivity index (χ0v) is 43.9. The maximum absolute atomic E-state index is 12.8. The van der Waals surface area contributed by atoms with E-state index in [9.17, 15) is 14.3 Å². The van der Waals surface area contributed by atoms with E-state index in [0.29, 0.717) is 24.1 Å². The molecule has 0 radical (unpaired) electrons. The molecule has 9 heteroatoms. The predicted molar refractivity (Wildman–Crippen MR) is 279 cm³/mol. The van der Waals surface area contributed by atoms with Crippen molar-refractivity contribution in [3.05, 3.63) is 72.9 Å². The number of carbonyl (C=O) groups excluding carboxylic acids is 1.